The van der Waals surface area contributed by atoms with Gasteiger partial charge in [-0.2, -0.15) is 0 Å². The molecule has 3 aromatic rings. The van der Waals surface area contributed by atoms with E-state index in [0.717, 1.165) is 42.0 Å². The standard InChI is InChI=1S/C30H35N3O5S/c1-21(30(35)31-24-12-3-4-13-24)32(20-22-9-5-14-25(19-22)38-2)28(34)17-8-18-33-26-15-6-10-23-11-7-16-27(29(23)26)39(33,36)37/h5-7,9-11,14-16,19,21,24H,3-4,8,12-13,17-18,20H2,1-2H3,(H,31,35)/t21-/m0/s1. The summed E-state index contributed by atoms with van der Waals surface area (Å²) in [7, 11) is -2.10. The minimum absolute atomic E-state index is 0.114. The van der Waals surface area contributed by atoms with Gasteiger partial charge in [-0.1, -0.05) is 49.2 Å². The Balaban J connectivity index is 1.30. The number of nitrogens with zero attached hydrogens (tertiary/aromatic N) is 2. The third-order valence-corrected chi connectivity index (χ3v) is 9.64. The molecule has 0 aromatic heterocycles. The third kappa shape index (κ3) is 5.45. The van der Waals surface area contributed by atoms with Crippen LogP contribution in [0.5, 0.6) is 5.75 Å². The average Bonchev–Trinajstić information content (AvgIpc) is 3.53. The molecule has 1 aliphatic heterocycles. The van der Waals surface area contributed by atoms with E-state index in [0.29, 0.717) is 22.8 Å². The van der Waals surface area contributed by atoms with Crippen LogP contribution in [0.4, 0.5) is 5.69 Å². The Morgan fingerprint density at radius 2 is 1.79 bits per heavy atom. The van der Waals surface area contributed by atoms with E-state index in [1.165, 1.54) is 4.31 Å². The second kappa shape index (κ2) is 11.3. The smallest absolute Gasteiger partial charge is 0.265 e. The number of benzene rings is 3. The van der Waals surface area contributed by atoms with Gasteiger partial charge in [0.2, 0.25) is 11.8 Å². The van der Waals surface area contributed by atoms with Crippen molar-refractivity contribution in [2.24, 2.45) is 0 Å². The zero-order valence-electron chi connectivity index (χ0n) is 22.4. The molecule has 9 heteroatoms. The highest BCUT2D eigenvalue weighted by molar-refractivity contribution is 7.93. The minimum Gasteiger partial charge on any atom is -0.497 e. The van der Waals surface area contributed by atoms with Crippen molar-refractivity contribution < 1.29 is 22.7 Å². The molecule has 0 radical (unpaired) electrons. The second-order valence-corrected chi connectivity index (χ2v) is 12.2. The molecule has 206 valence electrons. The minimum atomic E-state index is -3.69. The number of hydrogen-bond donors (Lipinski definition) is 1. The first-order valence-corrected chi connectivity index (χ1v) is 15.0. The molecule has 5 rings (SSSR count). The predicted octanol–water partition coefficient (Wildman–Crippen LogP) is 4.61. The first-order chi connectivity index (χ1) is 18.8. The summed E-state index contributed by atoms with van der Waals surface area (Å²) in [5.74, 6) is 0.317. The van der Waals surface area contributed by atoms with Gasteiger partial charge in [0.15, 0.2) is 0 Å². The number of sulfonamides is 1. The molecule has 3 aromatic carbocycles. The molecule has 2 aliphatic rings. The molecule has 1 atom stereocenters. The van der Waals surface area contributed by atoms with Crippen LogP contribution in [0.3, 0.4) is 0 Å². The Morgan fingerprint density at radius 1 is 1.08 bits per heavy atom. The maximum atomic E-state index is 13.6. The van der Waals surface area contributed by atoms with Gasteiger partial charge in [-0.15, -0.1) is 0 Å². The monoisotopic (exact) mass is 549 g/mol. The summed E-state index contributed by atoms with van der Waals surface area (Å²) in [6, 6.07) is 17.8. The van der Waals surface area contributed by atoms with Gasteiger partial charge >= 0.3 is 0 Å². The summed E-state index contributed by atoms with van der Waals surface area (Å²) < 4.78 is 33.4. The van der Waals surface area contributed by atoms with Crippen molar-refractivity contribution in [1.82, 2.24) is 10.2 Å². The largest absolute Gasteiger partial charge is 0.497 e. The van der Waals surface area contributed by atoms with Crippen molar-refractivity contribution in [3.05, 3.63) is 66.2 Å². The van der Waals surface area contributed by atoms with Crippen molar-refractivity contribution in [2.45, 2.75) is 69.0 Å². The molecular weight excluding hydrogens is 514 g/mol. The first kappa shape index (κ1) is 27.0. The quantitative estimate of drug-likeness (QED) is 0.398. The molecule has 1 heterocycles. The van der Waals surface area contributed by atoms with Gasteiger partial charge in [0.05, 0.1) is 17.7 Å². The lowest BCUT2D eigenvalue weighted by Crippen LogP contribution is -2.49. The number of ether oxygens (including phenoxy) is 1. The zero-order valence-corrected chi connectivity index (χ0v) is 23.2. The van der Waals surface area contributed by atoms with Crippen LogP contribution in [0.15, 0.2) is 65.6 Å². The number of methoxy groups -OCH3 is 1. The van der Waals surface area contributed by atoms with E-state index in [9.17, 15) is 18.0 Å². The SMILES string of the molecule is COc1cccc(CN(C(=O)CCCN2c3cccc4cccc(c34)S2(=O)=O)[C@@H](C)C(=O)NC2CCCC2)c1. The van der Waals surface area contributed by atoms with E-state index in [4.69, 9.17) is 4.74 Å². The van der Waals surface area contributed by atoms with Crippen LogP contribution in [0.2, 0.25) is 0 Å². The van der Waals surface area contributed by atoms with Crippen molar-refractivity contribution in [1.29, 1.82) is 0 Å². The molecular formula is C30H35N3O5S. The fraction of sp³-hybridized carbons (Fsp3) is 0.400. The van der Waals surface area contributed by atoms with Crippen molar-refractivity contribution in [3.8, 4) is 5.75 Å². The van der Waals surface area contributed by atoms with Gasteiger partial charge in [0, 0.05) is 30.9 Å². The Kier molecular flexibility index (Phi) is 7.79. The molecule has 2 amide bonds. The number of carbonyl (C=O) groups excluding carboxylic acids is 2. The van der Waals surface area contributed by atoms with Crippen LogP contribution in [0.1, 0.15) is 51.0 Å². The fourth-order valence-corrected chi connectivity index (χ4v) is 7.41. The lowest BCUT2D eigenvalue weighted by molar-refractivity contribution is -0.141. The van der Waals surface area contributed by atoms with Gasteiger partial charge in [0.25, 0.3) is 10.0 Å². The molecule has 0 saturated heterocycles. The predicted molar refractivity (Wildman–Crippen MR) is 151 cm³/mol. The highest BCUT2D eigenvalue weighted by atomic mass is 32.2. The van der Waals surface area contributed by atoms with Gasteiger partial charge in [-0.3, -0.25) is 13.9 Å². The number of rotatable bonds is 10. The Hall–Kier alpha value is -3.59. The van der Waals surface area contributed by atoms with E-state index in [2.05, 4.69) is 5.32 Å². The average molecular weight is 550 g/mol. The van der Waals surface area contributed by atoms with E-state index in [1.807, 2.05) is 48.5 Å². The van der Waals surface area contributed by atoms with Crippen LogP contribution >= 0.6 is 0 Å². The molecule has 1 aliphatic carbocycles. The lowest BCUT2D eigenvalue weighted by Gasteiger charge is -2.30. The lowest BCUT2D eigenvalue weighted by atomic mass is 10.1. The number of amides is 2. The first-order valence-electron chi connectivity index (χ1n) is 13.6. The summed E-state index contributed by atoms with van der Waals surface area (Å²) in [6.07, 6.45) is 4.56. The Bertz CT molecular complexity index is 1480. The number of anilines is 1. The van der Waals surface area contributed by atoms with E-state index >= 15 is 0 Å². The number of carbonyl (C=O) groups is 2. The molecule has 0 unspecified atom stereocenters. The van der Waals surface area contributed by atoms with Crippen LogP contribution < -0.4 is 14.4 Å². The highest BCUT2D eigenvalue weighted by Crippen LogP contribution is 2.42. The van der Waals surface area contributed by atoms with Crippen molar-refractivity contribution in [3.63, 3.8) is 0 Å². The van der Waals surface area contributed by atoms with Crippen molar-refractivity contribution >= 4 is 38.3 Å². The zero-order chi connectivity index (χ0) is 27.6. The van der Waals surface area contributed by atoms with E-state index < -0.39 is 16.1 Å². The topological polar surface area (TPSA) is 96.0 Å². The van der Waals surface area contributed by atoms with Crippen LogP contribution in [0, 0.1) is 0 Å². The van der Waals surface area contributed by atoms with Gasteiger partial charge in [-0.25, -0.2) is 8.42 Å². The molecule has 0 bridgehead atoms. The van der Waals surface area contributed by atoms with E-state index in [1.54, 1.807) is 31.1 Å². The third-order valence-electron chi connectivity index (χ3n) is 7.79. The van der Waals surface area contributed by atoms with Gasteiger partial charge in [0.1, 0.15) is 11.8 Å². The Labute approximate surface area is 230 Å². The molecule has 1 N–H and O–H groups in total. The molecule has 39 heavy (non-hydrogen) atoms. The fourth-order valence-electron chi connectivity index (χ4n) is 5.66. The van der Waals surface area contributed by atoms with E-state index in [-0.39, 0.29) is 37.4 Å². The molecule has 8 nitrogen and oxygen atoms in total. The van der Waals surface area contributed by atoms with Gasteiger partial charge in [-0.05, 0) is 61.4 Å². The highest BCUT2D eigenvalue weighted by Gasteiger charge is 2.35. The molecule has 1 saturated carbocycles. The molecule has 1 fully saturated rings. The van der Waals surface area contributed by atoms with Crippen LogP contribution in [-0.4, -0.2) is 50.9 Å². The normalized spacial score (nSPS) is 16.8. The van der Waals surface area contributed by atoms with Crippen LogP contribution in [-0.2, 0) is 26.2 Å². The second-order valence-electron chi connectivity index (χ2n) is 10.4. The maximum absolute atomic E-state index is 13.6. The number of hydrogen-bond acceptors (Lipinski definition) is 5. The van der Waals surface area contributed by atoms with Gasteiger partial charge < -0.3 is 15.0 Å². The van der Waals surface area contributed by atoms with Crippen molar-refractivity contribution in [2.75, 3.05) is 18.0 Å². The summed E-state index contributed by atoms with van der Waals surface area (Å²) >= 11 is 0. The summed E-state index contributed by atoms with van der Waals surface area (Å²) in [4.78, 5) is 28.6. The van der Waals surface area contributed by atoms with Crippen LogP contribution in [0.25, 0.3) is 10.8 Å². The Morgan fingerprint density at radius 3 is 2.54 bits per heavy atom. The summed E-state index contributed by atoms with van der Waals surface area (Å²) in [5, 5.41) is 4.71. The molecule has 0 spiro atoms. The maximum Gasteiger partial charge on any atom is 0.265 e. The summed E-state index contributed by atoms with van der Waals surface area (Å²) in [6.45, 7) is 2.18. The summed E-state index contributed by atoms with van der Waals surface area (Å²) in [5.41, 5.74) is 1.50. The number of nitrogens with one attached hydrogen (secondary N) is 1.